The minimum absolute atomic E-state index is 0.354. The Labute approximate surface area is 113 Å². The van der Waals surface area contributed by atoms with Gasteiger partial charge in [0, 0.05) is 6.61 Å². The fraction of sp³-hybridized carbons (Fsp3) is 1.00. The van der Waals surface area contributed by atoms with Crippen LogP contribution in [0.1, 0.15) is 83.5 Å². The first-order chi connectivity index (χ1) is 8.91. The Morgan fingerprint density at radius 1 is 0.556 bits per heavy atom. The minimum Gasteiger partial charge on any atom is -0.636 e. The second-order valence-electron chi connectivity index (χ2n) is 5.28. The van der Waals surface area contributed by atoms with E-state index in [0.29, 0.717) is 6.61 Å². The van der Waals surface area contributed by atoms with Crippen molar-refractivity contribution < 1.29 is 10.6 Å². The zero-order valence-corrected chi connectivity index (χ0v) is 12.0. The lowest BCUT2D eigenvalue weighted by atomic mass is 10.0. The molecule has 0 bridgehead atoms. The maximum Gasteiger partial charge on any atom is 0.0752 e. The monoisotopic (exact) mass is 259 g/mol. The average Bonchev–Trinajstić information content (AvgIpc) is 2.39. The van der Waals surface area contributed by atoms with Gasteiger partial charge in [0.15, 0.2) is 0 Å². The van der Waals surface area contributed by atoms with Crippen LogP contribution in [-0.4, -0.2) is 18.3 Å². The third-order valence-corrected chi connectivity index (χ3v) is 3.48. The highest BCUT2D eigenvalue weighted by Gasteiger charge is 1.93. The van der Waals surface area contributed by atoms with Gasteiger partial charge in [-0.2, -0.15) is 0 Å². The van der Waals surface area contributed by atoms with E-state index in [4.69, 9.17) is 5.11 Å². The van der Waals surface area contributed by atoms with Crippen molar-refractivity contribution in [1.29, 1.82) is 0 Å². The number of nitrogens with two attached hydrogens (primary N) is 1. The third-order valence-electron chi connectivity index (χ3n) is 3.48. The van der Waals surface area contributed by atoms with Crippen LogP contribution in [-0.2, 0) is 0 Å². The molecule has 0 amide bonds. The molecule has 0 aromatic heterocycles. The predicted molar refractivity (Wildman–Crippen MR) is 77.3 cm³/mol. The van der Waals surface area contributed by atoms with Crippen LogP contribution < -0.4 is 5.48 Å². The molecule has 110 valence electrons. The molecule has 0 aromatic carbocycles. The molecule has 0 saturated heterocycles. The number of unbranched alkanes of at least 4 members (excludes halogenated alkanes) is 12. The van der Waals surface area contributed by atoms with E-state index in [-0.39, 0.29) is 0 Å². The van der Waals surface area contributed by atoms with E-state index < -0.39 is 0 Å². The summed E-state index contributed by atoms with van der Waals surface area (Å²) in [5.41, 5.74) is 1.03. The molecule has 3 heteroatoms. The van der Waals surface area contributed by atoms with Crippen molar-refractivity contribution in [2.24, 2.45) is 0 Å². The van der Waals surface area contributed by atoms with E-state index in [2.05, 4.69) is 0 Å². The van der Waals surface area contributed by atoms with Gasteiger partial charge in [0.2, 0.25) is 0 Å². The van der Waals surface area contributed by atoms with Crippen LogP contribution in [0.15, 0.2) is 0 Å². The molecule has 0 aromatic rings. The zero-order chi connectivity index (χ0) is 13.3. The highest BCUT2D eigenvalue weighted by molar-refractivity contribution is 4.48. The average molecular weight is 259 g/mol. The van der Waals surface area contributed by atoms with Crippen molar-refractivity contribution in [2.45, 2.75) is 83.5 Å². The lowest BCUT2D eigenvalue weighted by Gasteiger charge is -2.03. The fourth-order valence-corrected chi connectivity index (χ4v) is 2.28. The summed E-state index contributed by atoms with van der Waals surface area (Å²) in [4.78, 5) is 0. The Hall–Kier alpha value is -0.120. The van der Waals surface area contributed by atoms with Crippen molar-refractivity contribution in [3.8, 4) is 0 Å². The lowest BCUT2D eigenvalue weighted by Crippen LogP contribution is -2.77. The molecule has 18 heavy (non-hydrogen) atoms. The number of quaternary nitrogens is 1. The molecule has 0 rings (SSSR count). The zero-order valence-electron chi connectivity index (χ0n) is 12.0. The van der Waals surface area contributed by atoms with Crippen LogP contribution in [0.5, 0.6) is 0 Å². The van der Waals surface area contributed by atoms with Crippen molar-refractivity contribution >= 4 is 0 Å². The molecule has 0 radical (unpaired) electrons. The third kappa shape index (κ3) is 15.9. The first kappa shape index (κ1) is 17.9. The second kappa shape index (κ2) is 16.9. The van der Waals surface area contributed by atoms with E-state index in [0.717, 1.165) is 24.9 Å². The summed E-state index contributed by atoms with van der Waals surface area (Å²) >= 11 is 0. The summed E-state index contributed by atoms with van der Waals surface area (Å²) in [5.74, 6) is 0. The topological polar surface area (TPSA) is 59.9 Å². The van der Waals surface area contributed by atoms with Crippen LogP contribution in [0.25, 0.3) is 0 Å². The lowest BCUT2D eigenvalue weighted by molar-refractivity contribution is -0.589. The molecule has 0 unspecified atom stereocenters. The van der Waals surface area contributed by atoms with Gasteiger partial charge < -0.3 is 15.8 Å². The van der Waals surface area contributed by atoms with Crippen molar-refractivity contribution in [2.75, 3.05) is 13.2 Å². The largest absolute Gasteiger partial charge is 0.636 e. The molecule has 0 spiro atoms. The standard InChI is InChI=1S/C15H33NO2/c17-15-13-11-9-7-5-3-1-2-4-6-8-10-12-14-16-18/h17H,1-16H2. The predicted octanol–water partition coefficient (Wildman–Crippen LogP) is 3.11. The number of hydrogen-bond acceptors (Lipinski definition) is 2. The number of hydroxylamine groups is 1. The first-order valence-electron chi connectivity index (χ1n) is 7.96. The van der Waals surface area contributed by atoms with E-state index in [1.165, 1.54) is 70.6 Å². The summed E-state index contributed by atoms with van der Waals surface area (Å²) in [6.07, 6.45) is 16.6. The van der Waals surface area contributed by atoms with Crippen LogP contribution in [0.4, 0.5) is 0 Å². The van der Waals surface area contributed by atoms with Gasteiger partial charge in [-0.05, 0) is 19.3 Å². The maximum atomic E-state index is 10.1. The van der Waals surface area contributed by atoms with Gasteiger partial charge in [-0.15, -0.1) is 0 Å². The van der Waals surface area contributed by atoms with Gasteiger partial charge in [-0.25, -0.2) is 0 Å². The molecule has 0 heterocycles. The van der Waals surface area contributed by atoms with Gasteiger partial charge in [-0.1, -0.05) is 64.2 Å². The Morgan fingerprint density at radius 2 is 0.889 bits per heavy atom. The summed E-state index contributed by atoms with van der Waals surface area (Å²) in [7, 11) is 0. The molecule has 3 N–H and O–H groups in total. The van der Waals surface area contributed by atoms with Gasteiger partial charge >= 0.3 is 0 Å². The van der Waals surface area contributed by atoms with E-state index >= 15 is 0 Å². The highest BCUT2D eigenvalue weighted by atomic mass is 16.5. The Kier molecular flexibility index (Phi) is 16.8. The van der Waals surface area contributed by atoms with Crippen LogP contribution in [0.3, 0.4) is 0 Å². The van der Waals surface area contributed by atoms with Crippen LogP contribution in [0, 0.1) is 5.21 Å². The fourth-order valence-electron chi connectivity index (χ4n) is 2.28. The number of aliphatic hydroxyl groups excluding tert-OH is 1. The van der Waals surface area contributed by atoms with E-state index in [1.54, 1.807) is 0 Å². The molecular formula is C15H33NO2. The summed E-state index contributed by atoms with van der Waals surface area (Å²) in [6, 6.07) is 0. The maximum absolute atomic E-state index is 10.1. The van der Waals surface area contributed by atoms with Gasteiger partial charge in [0.1, 0.15) is 0 Å². The van der Waals surface area contributed by atoms with Gasteiger partial charge in [-0.3, -0.25) is 0 Å². The van der Waals surface area contributed by atoms with E-state index in [1.807, 2.05) is 0 Å². The normalized spacial score (nSPS) is 11.0. The Bertz CT molecular complexity index is 126. The van der Waals surface area contributed by atoms with Gasteiger partial charge in [0.05, 0.1) is 6.54 Å². The Balaban J connectivity index is 2.86. The second-order valence-corrected chi connectivity index (χ2v) is 5.28. The first-order valence-corrected chi connectivity index (χ1v) is 7.96. The molecule has 0 saturated carbocycles. The van der Waals surface area contributed by atoms with Crippen molar-refractivity contribution in [3.05, 3.63) is 5.21 Å². The summed E-state index contributed by atoms with van der Waals surface area (Å²) < 4.78 is 0. The quantitative estimate of drug-likeness (QED) is 0.351. The smallest absolute Gasteiger partial charge is 0.0752 e. The SMILES string of the molecule is [O-][NH2+]CCCCCCCCCCCCCCCO. The van der Waals surface area contributed by atoms with E-state index in [9.17, 15) is 5.21 Å². The van der Waals surface area contributed by atoms with Crippen molar-refractivity contribution in [3.63, 3.8) is 0 Å². The molecule has 0 aliphatic carbocycles. The number of rotatable bonds is 15. The molecular weight excluding hydrogens is 226 g/mol. The molecule has 0 aliphatic rings. The Morgan fingerprint density at radius 3 is 1.22 bits per heavy atom. The highest BCUT2D eigenvalue weighted by Crippen LogP contribution is 2.12. The minimum atomic E-state index is 0.354. The summed E-state index contributed by atoms with van der Waals surface area (Å²) in [5, 5.41) is 18.8. The number of aliphatic hydroxyl groups is 1. The van der Waals surface area contributed by atoms with Crippen molar-refractivity contribution in [1.82, 2.24) is 0 Å². The van der Waals surface area contributed by atoms with Gasteiger partial charge in [0.25, 0.3) is 0 Å². The summed E-state index contributed by atoms with van der Waals surface area (Å²) in [6.45, 7) is 1.10. The molecule has 0 aliphatic heterocycles. The van der Waals surface area contributed by atoms with Crippen LogP contribution in [0.2, 0.25) is 0 Å². The molecule has 0 fully saturated rings. The molecule has 0 atom stereocenters. The van der Waals surface area contributed by atoms with Crippen LogP contribution >= 0.6 is 0 Å². The molecule has 3 nitrogen and oxygen atoms in total. The number of hydrogen-bond donors (Lipinski definition) is 2.